The fraction of sp³-hybridized carbons (Fsp3) is 0.400. The minimum atomic E-state index is 0. The molecule has 0 aromatic heterocycles. The van der Waals surface area contributed by atoms with Crippen LogP contribution in [-0.4, -0.2) is 0 Å². The van der Waals surface area contributed by atoms with Gasteiger partial charge in [-0.3, -0.25) is 0 Å². The van der Waals surface area contributed by atoms with E-state index in [9.17, 15) is 0 Å². The summed E-state index contributed by atoms with van der Waals surface area (Å²) in [6, 6.07) is 10.6. The summed E-state index contributed by atoms with van der Waals surface area (Å²) in [7, 11) is 0. The van der Waals surface area contributed by atoms with Crippen molar-refractivity contribution < 1.29 is 0 Å². The largest absolute Gasteiger partial charge is 0.344 e. The molecule has 0 saturated heterocycles. The molecule has 12 heavy (non-hydrogen) atoms. The Bertz CT molecular complexity index is 184. The maximum Gasteiger partial charge on any atom is -0.0256 e. The average Bonchev–Trinajstić information content (AvgIpc) is 1.88. The lowest BCUT2D eigenvalue weighted by Crippen LogP contribution is -1.92. The summed E-state index contributed by atoms with van der Waals surface area (Å²) < 4.78 is 0. The van der Waals surface area contributed by atoms with Crippen molar-refractivity contribution in [2.24, 2.45) is 5.92 Å². The molecule has 1 aromatic rings. The van der Waals surface area contributed by atoms with Crippen LogP contribution in [-0.2, 0) is 6.42 Å². The SMILES string of the molecule is CC(C)Cc1ccccc1.Cl.N. The van der Waals surface area contributed by atoms with E-state index in [1.165, 1.54) is 12.0 Å². The standard InChI is InChI=1S/C10H14.ClH.H3N/c1-9(2)8-10-6-4-3-5-7-10;;/h3-7,9H,8H2,1-2H3;1H;1H3. The predicted molar refractivity (Wildman–Crippen MR) is 57.3 cm³/mol. The first-order valence-electron chi connectivity index (χ1n) is 3.83. The van der Waals surface area contributed by atoms with Crippen LogP contribution in [0, 0.1) is 5.92 Å². The van der Waals surface area contributed by atoms with Crippen molar-refractivity contribution >= 4 is 12.4 Å². The number of benzene rings is 1. The van der Waals surface area contributed by atoms with Crippen LogP contribution >= 0.6 is 12.4 Å². The first-order chi connectivity index (χ1) is 4.79. The molecule has 1 aromatic carbocycles. The fourth-order valence-corrected chi connectivity index (χ4v) is 1.09. The molecule has 0 heterocycles. The summed E-state index contributed by atoms with van der Waals surface area (Å²) in [5, 5.41) is 0. The van der Waals surface area contributed by atoms with Gasteiger partial charge in [0.1, 0.15) is 0 Å². The highest BCUT2D eigenvalue weighted by molar-refractivity contribution is 5.85. The topological polar surface area (TPSA) is 35.0 Å². The van der Waals surface area contributed by atoms with Crippen LogP contribution in [0.1, 0.15) is 19.4 Å². The Labute approximate surface area is 81.2 Å². The molecular formula is C10H18ClN. The molecule has 0 unspecified atom stereocenters. The number of hydrogen-bond acceptors (Lipinski definition) is 1. The van der Waals surface area contributed by atoms with Crippen LogP contribution in [0.5, 0.6) is 0 Å². The summed E-state index contributed by atoms with van der Waals surface area (Å²) in [4.78, 5) is 0. The molecule has 70 valence electrons. The maximum atomic E-state index is 2.24. The van der Waals surface area contributed by atoms with E-state index >= 15 is 0 Å². The van der Waals surface area contributed by atoms with E-state index < -0.39 is 0 Å². The third-order valence-electron chi connectivity index (χ3n) is 1.49. The Morgan fingerprint density at radius 2 is 1.58 bits per heavy atom. The molecule has 0 aliphatic carbocycles. The highest BCUT2D eigenvalue weighted by atomic mass is 35.5. The van der Waals surface area contributed by atoms with Crippen LogP contribution in [0.4, 0.5) is 0 Å². The van der Waals surface area contributed by atoms with E-state index in [-0.39, 0.29) is 18.6 Å². The molecule has 1 nitrogen and oxygen atoms in total. The van der Waals surface area contributed by atoms with Gasteiger partial charge in [-0.25, -0.2) is 0 Å². The quantitative estimate of drug-likeness (QED) is 0.756. The second kappa shape index (κ2) is 7.14. The molecule has 0 aliphatic heterocycles. The second-order valence-corrected chi connectivity index (χ2v) is 3.08. The Hall–Kier alpha value is -0.530. The smallest absolute Gasteiger partial charge is 0.0256 e. The first kappa shape index (κ1) is 14.0. The van der Waals surface area contributed by atoms with Gasteiger partial charge >= 0.3 is 0 Å². The molecule has 2 heteroatoms. The van der Waals surface area contributed by atoms with Crippen molar-refractivity contribution in [3.8, 4) is 0 Å². The van der Waals surface area contributed by atoms with Crippen molar-refractivity contribution in [3.05, 3.63) is 35.9 Å². The number of rotatable bonds is 2. The molecule has 0 fully saturated rings. The monoisotopic (exact) mass is 187 g/mol. The summed E-state index contributed by atoms with van der Waals surface area (Å²) in [5.41, 5.74) is 1.44. The Balaban J connectivity index is 0. The van der Waals surface area contributed by atoms with Crippen LogP contribution in [0.2, 0.25) is 0 Å². The first-order valence-corrected chi connectivity index (χ1v) is 3.83. The van der Waals surface area contributed by atoms with E-state index in [0.29, 0.717) is 0 Å². The van der Waals surface area contributed by atoms with Crippen LogP contribution in [0.15, 0.2) is 30.3 Å². The third-order valence-corrected chi connectivity index (χ3v) is 1.49. The van der Waals surface area contributed by atoms with Crippen LogP contribution in [0.3, 0.4) is 0 Å². The molecule has 0 saturated carbocycles. The summed E-state index contributed by atoms with van der Waals surface area (Å²) in [6.07, 6.45) is 1.20. The molecule has 0 spiro atoms. The number of halogens is 1. The van der Waals surface area contributed by atoms with E-state index in [1.807, 2.05) is 0 Å². The minimum Gasteiger partial charge on any atom is -0.344 e. The highest BCUT2D eigenvalue weighted by Gasteiger charge is 1.94. The van der Waals surface area contributed by atoms with Gasteiger partial charge < -0.3 is 6.15 Å². The second-order valence-electron chi connectivity index (χ2n) is 3.08. The van der Waals surface area contributed by atoms with E-state index in [2.05, 4.69) is 44.2 Å². The molecule has 0 bridgehead atoms. The molecule has 0 atom stereocenters. The lowest BCUT2D eigenvalue weighted by Gasteiger charge is -2.02. The lowest BCUT2D eigenvalue weighted by molar-refractivity contribution is 0.647. The van der Waals surface area contributed by atoms with E-state index in [0.717, 1.165) is 5.92 Å². The van der Waals surface area contributed by atoms with Gasteiger partial charge in [-0.15, -0.1) is 12.4 Å². The van der Waals surface area contributed by atoms with Crippen molar-refractivity contribution in [1.82, 2.24) is 6.15 Å². The molecular weight excluding hydrogens is 170 g/mol. The Morgan fingerprint density at radius 1 is 1.08 bits per heavy atom. The Morgan fingerprint density at radius 3 is 2.00 bits per heavy atom. The van der Waals surface area contributed by atoms with Gasteiger partial charge in [0, 0.05) is 0 Å². The van der Waals surface area contributed by atoms with Gasteiger partial charge in [-0.2, -0.15) is 0 Å². The average molecular weight is 188 g/mol. The van der Waals surface area contributed by atoms with Gasteiger partial charge in [-0.1, -0.05) is 44.2 Å². The third kappa shape index (κ3) is 5.16. The zero-order valence-electron chi connectivity index (χ0n) is 7.79. The summed E-state index contributed by atoms with van der Waals surface area (Å²) in [5.74, 6) is 0.766. The van der Waals surface area contributed by atoms with Crippen molar-refractivity contribution in [2.45, 2.75) is 20.3 Å². The molecule has 3 N–H and O–H groups in total. The predicted octanol–water partition coefficient (Wildman–Crippen LogP) is 3.47. The zero-order valence-corrected chi connectivity index (χ0v) is 8.60. The molecule has 0 radical (unpaired) electrons. The minimum absolute atomic E-state index is 0. The fourth-order valence-electron chi connectivity index (χ4n) is 1.09. The Kier molecular flexibility index (Phi) is 8.34. The molecule has 0 amide bonds. The normalized spacial score (nSPS) is 8.58. The van der Waals surface area contributed by atoms with Gasteiger partial charge in [0.25, 0.3) is 0 Å². The van der Waals surface area contributed by atoms with Crippen LogP contribution < -0.4 is 6.15 Å². The zero-order chi connectivity index (χ0) is 7.40. The summed E-state index contributed by atoms with van der Waals surface area (Å²) >= 11 is 0. The van der Waals surface area contributed by atoms with E-state index in [4.69, 9.17) is 0 Å². The molecule has 0 aliphatic rings. The van der Waals surface area contributed by atoms with Crippen molar-refractivity contribution in [2.75, 3.05) is 0 Å². The van der Waals surface area contributed by atoms with Crippen LogP contribution in [0.25, 0.3) is 0 Å². The number of hydrogen-bond donors (Lipinski definition) is 1. The van der Waals surface area contributed by atoms with Gasteiger partial charge in [0.05, 0.1) is 0 Å². The van der Waals surface area contributed by atoms with Gasteiger partial charge in [0.15, 0.2) is 0 Å². The van der Waals surface area contributed by atoms with Crippen molar-refractivity contribution in [1.29, 1.82) is 0 Å². The lowest BCUT2D eigenvalue weighted by atomic mass is 10.0. The maximum absolute atomic E-state index is 2.24. The molecule has 1 rings (SSSR count). The van der Waals surface area contributed by atoms with Crippen molar-refractivity contribution in [3.63, 3.8) is 0 Å². The van der Waals surface area contributed by atoms with Gasteiger partial charge in [-0.05, 0) is 17.9 Å². The van der Waals surface area contributed by atoms with E-state index in [1.54, 1.807) is 0 Å². The van der Waals surface area contributed by atoms with Gasteiger partial charge in [0.2, 0.25) is 0 Å². The highest BCUT2D eigenvalue weighted by Crippen LogP contribution is 2.05. The summed E-state index contributed by atoms with van der Waals surface area (Å²) in [6.45, 7) is 4.49.